The number of carbonyl (C=O) groups excluding carboxylic acids is 2. The Morgan fingerprint density at radius 2 is 1.71 bits per heavy atom. The average Bonchev–Trinajstić information content (AvgIpc) is 2.43. The van der Waals surface area contributed by atoms with Gasteiger partial charge in [0.2, 0.25) is 0 Å². The summed E-state index contributed by atoms with van der Waals surface area (Å²) in [5.41, 5.74) is 0.199. The second-order valence-corrected chi connectivity index (χ2v) is 4.61. The van der Waals surface area contributed by atoms with Gasteiger partial charge in [-0.2, -0.15) is 0 Å². The van der Waals surface area contributed by atoms with Gasteiger partial charge in [0.05, 0.1) is 23.9 Å². The molecule has 0 saturated heterocycles. The highest BCUT2D eigenvalue weighted by atomic mass is 35.5. The zero-order valence-electron chi connectivity index (χ0n) is 11.6. The van der Waals surface area contributed by atoms with Gasteiger partial charge in [-0.1, -0.05) is 23.2 Å². The minimum Gasteiger partial charge on any atom is -0.462 e. The summed E-state index contributed by atoms with van der Waals surface area (Å²) < 4.78 is 9.61. The Balaban J connectivity index is 2.99. The SMILES string of the molecule is CCOC(=O)C(=CNc1cc(Cl)ccc1Cl)C(=O)OCC. The van der Waals surface area contributed by atoms with Crippen molar-refractivity contribution in [2.24, 2.45) is 0 Å². The number of carbonyl (C=O) groups is 2. The molecule has 0 aromatic heterocycles. The van der Waals surface area contributed by atoms with Crippen molar-refractivity contribution in [2.45, 2.75) is 13.8 Å². The van der Waals surface area contributed by atoms with E-state index in [0.29, 0.717) is 15.7 Å². The van der Waals surface area contributed by atoms with E-state index < -0.39 is 11.9 Å². The summed E-state index contributed by atoms with van der Waals surface area (Å²) in [5, 5.41) is 3.61. The Labute approximate surface area is 132 Å². The fourth-order valence-electron chi connectivity index (χ4n) is 1.38. The molecule has 0 aliphatic rings. The number of hydrogen-bond acceptors (Lipinski definition) is 5. The van der Waals surface area contributed by atoms with Crippen LogP contribution in [0.25, 0.3) is 0 Å². The molecule has 1 N–H and O–H groups in total. The lowest BCUT2D eigenvalue weighted by molar-refractivity contribution is -0.146. The van der Waals surface area contributed by atoms with Gasteiger partial charge in [0.15, 0.2) is 5.57 Å². The molecule has 0 unspecified atom stereocenters. The monoisotopic (exact) mass is 331 g/mol. The van der Waals surface area contributed by atoms with Crippen LogP contribution in [0.3, 0.4) is 0 Å². The molecule has 0 radical (unpaired) electrons. The van der Waals surface area contributed by atoms with Gasteiger partial charge in [-0.05, 0) is 32.0 Å². The van der Waals surface area contributed by atoms with Crippen molar-refractivity contribution >= 4 is 40.8 Å². The Morgan fingerprint density at radius 1 is 1.14 bits per heavy atom. The summed E-state index contributed by atoms with van der Waals surface area (Å²) in [5.74, 6) is -1.55. The van der Waals surface area contributed by atoms with Gasteiger partial charge in [0.1, 0.15) is 0 Å². The maximum atomic E-state index is 11.7. The fraction of sp³-hybridized carbons (Fsp3) is 0.286. The number of benzene rings is 1. The van der Waals surface area contributed by atoms with Crippen LogP contribution >= 0.6 is 23.2 Å². The molecule has 1 aromatic carbocycles. The third-order valence-corrected chi connectivity index (χ3v) is 2.86. The second-order valence-electron chi connectivity index (χ2n) is 3.77. The Hall–Kier alpha value is -1.72. The Morgan fingerprint density at radius 3 is 2.24 bits per heavy atom. The molecule has 0 saturated carbocycles. The van der Waals surface area contributed by atoms with Crippen LogP contribution in [-0.2, 0) is 19.1 Å². The van der Waals surface area contributed by atoms with E-state index in [4.69, 9.17) is 32.7 Å². The molecule has 1 aromatic rings. The van der Waals surface area contributed by atoms with Crippen LogP contribution in [0.15, 0.2) is 30.0 Å². The van der Waals surface area contributed by atoms with Gasteiger partial charge in [0, 0.05) is 11.2 Å². The van der Waals surface area contributed by atoms with Gasteiger partial charge < -0.3 is 14.8 Å². The summed E-state index contributed by atoms with van der Waals surface area (Å²) in [7, 11) is 0. The highest BCUT2D eigenvalue weighted by Crippen LogP contribution is 2.25. The van der Waals surface area contributed by atoms with Gasteiger partial charge in [0.25, 0.3) is 0 Å². The number of halogens is 2. The standard InChI is InChI=1S/C14H15Cl2NO4/c1-3-20-13(18)10(14(19)21-4-2)8-17-12-7-9(15)5-6-11(12)16/h5-8,17H,3-4H2,1-2H3. The highest BCUT2D eigenvalue weighted by molar-refractivity contribution is 6.35. The Kier molecular flexibility index (Phi) is 7.05. The van der Waals surface area contributed by atoms with Crippen LogP contribution in [0.2, 0.25) is 10.0 Å². The lowest BCUT2D eigenvalue weighted by atomic mass is 10.2. The van der Waals surface area contributed by atoms with E-state index in [9.17, 15) is 9.59 Å². The number of nitrogens with one attached hydrogen (secondary N) is 1. The lowest BCUT2D eigenvalue weighted by Gasteiger charge is -2.08. The van der Waals surface area contributed by atoms with E-state index >= 15 is 0 Å². The predicted octanol–water partition coefficient (Wildman–Crippen LogP) is 3.42. The van der Waals surface area contributed by atoms with Crippen LogP contribution < -0.4 is 5.32 Å². The summed E-state index contributed by atoms with van der Waals surface area (Å²) in [6.07, 6.45) is 1.19. The summed E-state index contributed by atoms with van der Waals surface area (Å²) in [6.45, 7) is 3.57. The third kappa shape index (κ3) is 5.28. The zero-order chi connectivity index (χ0) is 15.8. The van der Waals surface area contributed by atoms with Crippen molar-refractivity contribution in [1.82, 2.24) is 0 Å². The first-order valence-electron chi connectivity index (χ1n) is 6.25. The summed E-state index contributed by atoms with van der Waals surface area (Å²) >= 11 is 11.8. The predicted molar refractivity (Wildman–Crippen MR) is 81.4 cm³/mol. The van der Waals surface area contributed by atoms with Crippen molar-refractivity contribution in [3.05, 3.63) is 40.0 Å². The number of hydrogen-bond donors (Lipinski definition) is 1. The molecule has 0 atom stereocenters. The smallest absolute Gasteiger partial charge is 0.347 e. The van der Waals surface area contributed by atoms with Crippen molar-refractivity contribution < 1.29 is 19.1 Å². The first kappa shape index (κ1) is 17.3. The number of ether oxygens (including phenoxy) is 2. The normalized spacial score (nSPS) is 9.71. The molecular formula is C14H15Cl2NO4. The van der Waals surface area contributed by atoms with E-state index in [-0.39, 0.29) is 18.8 Å². The first-order valence-corrected chi connectivity index (χ1v) is 7.01. The molecule has 7 heteroatoms. The maximum absolute atomic E-state index is 11.7. The minimum absolute atomic E-state index is 0.146. The Bertz CT molecular complexity index is 538. The van der Waals surface area contributed by atoms with Gasteiger partial charge >= 0.3 is 11.9 Å². The first-order chi connectivity index (χ1) is 9.99. The van der Waals surface area contributed by atoms with Crippen molar-refractivity contribution in [1.29, 1.82) is 0 Å². The molecule has 21 heavy (non-hydrogen) atoms. The topological polar surface area (TPSA) is 64.6 Å². The molecular weight excluding hydrogens is 317 g/mol. The van der Waals surface area contributed by atoms with Crippen molar-refractivity contribution in [3.8, 4) is 0 Å². The second kappa shape index (κ2) is 8.54. The zero-order valence-corrected chi connectivity index (χ0v) is 13.1. The molecule has 0 spiro atoms. The average molecular weight is 332 g/mol. The largest absolute Gasteiger partial charge is 0.462 e. The van der Waals surface area contributed by atoms with Crippen LogP contribution in [0, 0.1) is 0 Å². The molecule has 0 fully saturated rings. The van der Waals surface area contributed by atoms with E-state index in [1.165, 1.54) is 6.20 Å². The number of rotatable bonds is 6. The molecule has 0 aliphatic carbocycles. The van der Waals surface area contributed by atoms with E-state index in [0.717, 1.165) is 0 Å². The van der Waals surface area contributed by atoms with Gasteiger partial charge in [-0.3, -0.25) is 0 Å². The van der Waals surface area contributed by atoms with E-state index in [2.05, 4.69) is 5.32 Å². The molecule has 0 bridgehead atoms. The molecule has 0 amide bonds. The van der Waals surface area contributed by atoms with E-state index in [1.807, 2.05) is 0 Å². The van der Waals surface area contributed by atoms with Crippen molar-refractivity contribution in [3.63, 3.8) is 0 Å². The molecule has 114 valence electrons. The van der Waals surface area contributed by atoms with Crippen LogP contribution in [0.1, 0.15) is 13.8 Å². The lowest BCUT2D eigenvalue weighted by Crippen LogP contribution is -2.19. The maximum Gasteiger partial charge on any atom is 0.347 e. The molecule has 0 heterocycles. The van der Waals surface area contributed by atoms with Crippen LogP contribution in [-0.4, -0.2) is 25.2 Å². The quantitative estimate of drug-likeness (QED) is 0.374. The fourth-order valence-corrected chi connectivity index (χ4v) is 1.72. The number of esters is 2. The summed E-state index contributed by atoms with van der Waals surface area (Å²) in [4.78, 5) is 23.5. The molecule has 5 nitrogen and oxygen atoms in total. The highest BCUT2D eigenvalue weighted by Gasteiger charge is 2.21. The minimum atomic E-state index is -0.776. The molecule has 1 rings (SSSR count). The van der Waals surface area contributed by atoms with Crippen molar-refractivity contribution in [2.75, 3.05) is 18.5 Å². The number of anilines is 1. The summed E-state index contributed by atoms with van der Waals surface area (Å²) in [6, 6.07) is 4.78. The van der Waals surface area contributed by atoms with Gasteiger partial charge in [-0.15, -0.1) is 0 Å². The third-order valence-electron chi connectivity index (χ3n) is 2.29. The molecule has 0 aliphatic heterocycles. The van der Waals surface area contributed by atoms with Crippen LogP contribution in [0.4, 0.5) is 5.69 Å². The van der Waals surface area contributed by atoms with E-state index in [1.54, 1.807) is 32.0 Å². The van der Waals surface area contributed by atoms with Crippen LogP contribution in [0.5, 0.6) is 0 Å². The van der Waals surface area contributed by atoms with Gasteiger partial charge in [-0.25, -0.2) is 9.59 Å².